The van der Waals surface area contributed by atoms with Crippen LogP contribution in [0.15, 0.2) is 48.5 Å². The summed E-state index contributed by atoms with van der Waals surface area (Å²) in [7, 11) is -1.93. The van der Waals surface area contributed by atoms with Crippen molar-refractivity contribution in [2.45, 2.75) is 19.5 Å². The molecule has 146 valence electrons. The number of benzene rings is 2. The topological polar surface area (TPSA) is 75.7 Å². The van der Waals surface area contributed by atoms with Crippen LogP contribution in [0.1, 0.15) is 17.5 Å². The van der Waals surface area contributed by atoms with Crippen LogP contribution in [0.2, 0.25) is 0 Å². The average Bonchev–Trinajstić information content (AvgIpc) is 2.64. The molecule has 0 aromatic heterocycles. The molecule has 0 bridgehead atoms. The van der Waals surface area contributed by atoms with Crippen LogP contribution < -0.4 is 10.1 Å². The van der Waals surface area contributed by atoms with E-state index in [9.17, 15) is 17.6 Å². The van der Waals surface area contributed by atoms with Crippen molar-refractivity contribution in [1.82, 2.24) is 9.62 Å². The minimum absolute atomic E-state index is 0.0162. The number of carbonyl (C=O) groups is 1. The lowest BCUT2D eigenvalue weighted by Crippen LogP contribution is -2.34. The molecule has 0 saturated carbocycles. The van der Waals surface area contributed by atoms with Gasteiger partial charge in [-0.1, -0.05) is 30.3 Å². The van der Waals surface area contributed by atoms with Gasteiger partial charge in [-0.2, -0.15) is 4.31 Å². The number of carbonyl (C=O) groups excluding carboxylic acids is 1. The van der Waals surface area contributed by atoms with E-state index in [1.54, 1.807) is 49.6 Å². The van der Waals surface area contributed by atoms with Crippen molar-refractivity contribution in [2.75, 3.05) is 19.9 Å². The van der Waals surface area contributed by atoms with Crippen LogP contribution in [0.4, 0.5) is 4.39 Å². The Labute approximate surface area is 159 Å². The Morgan fingerprint density at radius 1 is 1.15 bits per heavy atom. The Balaban J connectivity index is 1.91. The summed E-state index contributed by atoms with van der Waals surface area (Å²) in [4.78, 5) is 12.0. The van der Waals surface area contributed by atoms with Gasteiger partial charge >= 0.3 is 0 Å². The molecule has 27 heavy (non-hydrogen) atoms. The average molecular weight is 394 g/mol. The van der Waals surface area contributed by atoms with Gasteiger partial charge in [0.2, 0.25) is 15.9 Å². The van der Waals surface area contributed by atoms with E-state index in [4.69, 9.17) is 4.74 Å². The number of nitrogens with zero attached hydrogens (tertiary/aromatic N) is 1. The van der Waals surface area contributed by atoms with Gasteiger partial charge in [-0.15, -0.1) is 0 Å². The summed E-state index contributed by atoms with van der Waals surface area (Å²) in [5.74, 6) is -0.0612. The van der Waals surface area contributed by atoms with Crippen LogP contribution in [0.5, 0.6) is 5.75 Å². The highest BCUT2D eigenvalue weighted by Crippen LogP contribution is 2.15. The van der Waals surface area contributed by atoms with E-state index >= 15 is 0 Å². The second-order valence-corrected chi connectivity index (χ2v) is 8.05. The highest BCUT2D eigenvalue weighted by molar-refractivity contribution is 7.88. The van der Waals surface area contributed by atoms with Gasteiger partial charge in [0, 0.05) is 31.6 Å². The van der Waals surface area contributed by atoms with Crippen molar-refractivity contribution in [3.05, 3.63) is 65.5 Å². The summed E-state index contributed by atoms with van der Waals surface area (Å²) in [6.07, 6.45) is 1.09. The molecule has 1 amide bonds. The van der Waals surface area contributed by atoms with E-state index in [-0.39, 0.29) is 32.0 Å². The number of amides is 1. The number of halogens is 1. The van der Waals surface area contributed by atoms with Crippen LogP contribution in [0.25, 0.3) is 0 Å². The quantitative estimate of drug-likeness (QED) is 0.708. The highest BCUT2D eigenvalue weighted by Gasteiger charge is 2.18. The maximum Gasteiger partial charge on any atom is 0.221 e. The second-order valence-electron chi connectivity index (χ2n) is 6.06. The molecule has 0 saturated heterocycles. The van der Waals surface area contributed by atoms with Crippen molar-refractivity contribution in [2.24, 2.45) is 0 Å². The van der Waals surface area contributed by atoms with Gasteiger partial charge in [0.05, 0.1) is 13.4 Å². The zero-order chi connectivity index (χ0) is 19.9. The maximum atomic E-state index is 13.6. The molecule has 6 nitrogen and oxygen atoms in total. The highest BCUT2D eigenvalue weighted by atomic mass is 32.2. The molecule has 2 rings (SSSR count). The summed E-state index contributed by atoms with van der Waals surface area (Å²) in [6.45, 7) is 0.250. The molecule has 0 heterocycles. The first kappa shape index (κ1) is 20.9. The lowest BCUT2D eigenvalue weighted by atomic mass is 10.2. The largest absolute Gasteiger partial charge is 0.497 e. The summed E-state index contributed by atoms with van der Waals surface area (Å²) in [5, 5.41) is 2.61. The number of ether oxygens (including phenoxy) is 1. The summed E-state index contributed by atoms with van der Waals surface area (Å²) in [6, 6.07) is 13.2. The van der Waals surface area contributed by atoms with Crippen molar-refractivity contribution in [3.8, 4) is 5.75 Å². The van der Waals surface area contributed by atoms with E-state index in [0.717, 1.165) is 11.8 Å². The zero-order valence-electron chi connectivity index (χ0n) is 15.3. The molecule has 2 aromatic rings. The first-order valence-corrected chi connectivity index (χ1v) is 10.2. The van der Waals surface area contributed by atoms with E-state index in [2.05, 4.69) is 5.32 Å². The molecule has 0 unspecified atom stereocenters. The Bertz CT molecular complexity index is 870. The minimum atomic E-state index is -3.49. The van der Waals surface area contributed by atoms with Crippen LogP contribution in [-0.4, -0.2) is 38.5 Å². The first-order valence-electron chi connectivity index (χ1n) is 8.38. The summed E-state index contributed by atoms with van der Waals surface area (Å²) >= 11 is 0. The standard InChI is InChI=1S/C19H23FN2O4S/c1-26-17-9-7-15(8-10-17)14-22(27(2,24)25)12-11-19(23)21-13-16-5-3-4-6-18(16)20/h3-10H,11-14H2,1-2H3,(H,21,23). The van der Waals surface area contributed by atoms with Gasteiger partial charge in [-0.3, -0.25) is 4.79 Å². The predicted molar refractivity (Wildman–Crippen MR) is 101 cm³/mol. The van der Waals surface area contributed by atoms with E-state index in [0.29, 0.717) is 11.3 Å². The van der Waals surface area contributed by atoms with Crippen molar-refractivity contribution >= 4 is 15.9 Å². The van der Waals surface area contributed by atoms with Crippen molar-refractivity contribution in [1.29, 1.82) is 0 Å². The normalized spacial score (nSPS) is 11.4. The Morgan fingerprint density at radius 3 is 2.41 bits per heavy atom. The number of hydrogen-bond acceptors (Lipinski definition) is 4. The molecule has 0 aliphatic rings. The molecule has 0 aliphatic heterocycles. The van der Waals surface area contributed by atoms with Crippen LogP contribution >= 0.6 is 0 Å². The third-order valence-corrected chi connectivity index (χ3v) is 5.26. The van der Waals surface area contributed by atoms with Crippen LogP contribution in [-0.2, 0) is 27.9 Å². The second kappa shape index (κ2) is 9.48. The molecular weight excluding hydrogens is 371 g/mol. The van der Waals surface area contributed by atoms with E-state index < -0.39 is 15.8 Å². The van der Waals surface area contributed by atoms with Crippen molar-refractivity contribution in [3.63, 3.8) is 0 Å². The number of sulfonamides is 1. The van der Waals surface area contributed by atoms with Gasteiger partial charge in [0.15, 0.2) is 0 Å². The Morgan fingerprint density at radius 2 is 1.81 bits per heavy atom. The molecule has 2 aromatic carbocycles. The number of methoxy groups -OCH3 is 1. The molecule has 8 heteroatoms. The smallest absolute Gasteiger partial charge is 0.221 e. The molecule has 1 N–H and O–H groups in total. The molecule has 0 atom stereocenters. The SMILES string of the molecule is COc1ccc(CN(CCC(=O)NCc2ccccc2F)S(C)(=O)=O)cc1. The number of hydrogen-bond donors (Lipinski definition) is 1. The predicted octanol–water partition coefficient (Wildman–Crippen LogP) is 2.30. The summed E-state index contributed by atoms with van der Waals surface area (Å²) < 4.78 is 43.9. The van der Waals surface area contributed by atoms with Crippen LogP contribution in [0, 0.1) is 5.82 Å². The fraction of sp³-hybridized carbons (Fsp3) is 0.316. The van der Waals surface area contributed by atoms with Gasteiger partial charge in [-0.05, 0) is 23.8 Å². The van der Waals surface area contributed by atoms with Crippen molar-refractivity contribution < 1.29 is 22.3 Å². The van der Waals surface area contributed by atoms with Gasteiger partial charge in [-0.25, -0.2) is 12.8 Å². The number of nitrogens with one attached hydrogen (secondary N) is 1. The lowest BCUT2D eigenvalue weighted by molar-refractivity contribution is -0.121. The lowest BCUT2D eigenvalue weighted by Gasteiger charge is -2.20. The molecule has 0 radical (unpaired) electrons. The third kappa shape index (κ3) is 6.65. The molecular formula is C19H23FN2O4S. The fourth-order valence-electron chi connectivity index (χ4n) is 2.45. The summed E-state index contributed by atoms with van der Waals surface area (Å²) in [5.41, 5.74) is 1.16. The Kier molecular flexibility index (Phi) is 7.32. The van der Waals surface area contributed by atoms with Crippen LogP contribution in [0.3, 0.4) is 0 Å². The molecule has 0 fully saturated rings. The number of rotatable bonds is 9. The third-order valence-electron chi connectivity index (χ3n) is 4.01. The van der Waals surface area contributed by atoms with E-state index in [1.165, 1.54) is 10.4 Å². The van der Waals surface area contributed by atoms with Gasteiger partial charge < -0.3 is 10.1 Å². The monoisotopic (exact) mass is 394 g/mol. The molecule has 0 spiro atoms. The maximum absolute atomic E-state index is 13.6. The van der Waals surface area contributed by atoms with E-state index in [1.807, 2.05) is 0 Å². The van der Waals surface area contributed by atoms with Gasteiger partial charge in [0.1, 0.15) is 11.6 Å². The Hall–Kier alpha value is -2.45. The van der Waals surface area contributed by atoms with Gasteiger partial charge in [0.25, 0.3) is 0 Å². The zero-order valence-corrected chi connectivity index (χ0v) is 16.1. The fourth-order valence-corrected chi connectivity index (χ4v) is 3.25. The minimum Gasteiger partial charge on any atom is -0.497 e. The first-order chi connectivity index (χ1) is 12.8. The molecule has 0 aliphatic carbocycles.